The van der Waals surface area contributed by atoms with Crippen molar-refractivity contribution in [3.8, 4) is 11.4 Å². The summed E-state index contributed by atoms with van der Waals surface area (Å²) in [5, 5.41) is 3.98. The molecule has 0 amide bonds. The molecule has 2 aromatic heterocycles. The largest absolute Gasteiger partial charge is 0.416 e. The van der Waals surface area contributed by atoms with Crippen molar-refractivity contribution in [3.05, 3.63) is 65.8 Å². The van der Waals surface area contributed by atoms with Crippen molar-refractivity contribution >= 4 is 0 Å². The van der Waals surface area contributed by atoms with Crippen molar-refractivity contribution in [2.75, 3.05) is 13.1 Å². The second kappa shape index (κ2) is 6.53. The Bertz CT molecular complexity index is 871. The van der Waals surface area contributed by atoms with E-state index in [2.05, 4.69) is 20.0 Å². The lowest BCUT2D eigenvalue weighted by atomic mass is 9.99. The first-order valence-electron chi connectivity index (χ1n) is 8.11. The molecule has 1 aliphatic rings. The summed E-state index contributed by atoms with van der Waals surface area (Å²) in [4.78, 5) is 10.6. The Balaban J connectivity index is 1.34. The van der Waals surface area contributed by atoms with Crippen LogP contribution < -0.4 is 0 Å². The number of likely N-dealkylation sites (tertiary alicyclic amines) is 1. The molecule has 1 fully saturated rings. The molecule has 0 spiro atoms. The lowest BCUT2D eigenvalue weighted by Gasteiger charge is -2.37. The van der Waals surface area contributed by atoms with Crippen LogP contribution in [0.25, 0.3) is 11.4 Å². The maximum absolute atomic E-state index is 12.6. The average Bonchev–Trinajstić information content (AvgIpc) is 3.07. The number of rotatable bonds is 4. The van der Waals surface area contributed by atoms with Gasteiger partial charge < -0.3 is 4.52 Å². The van der Waals surface area contributed by atoms with E-state index in [-0.39, 0.29) is 5.92 Å². The van der Waals surface area contributed by atoms with E-state index < -0.39 is 11.7 Å². The Morgan fingerprint density at radius 3 is 2.54 bits per heavy atom. The lowest BCUT2D eigenvalue weighted by molar-refractivity contribution is -0.137. The zero-order chi connectivity index (χ0) is 18.1. The molecule has 0 unspecified atom stereocenters. The number of halogens is 3. The van der Waals surface area contributed by atoms with Gasteiger partial charge in [0.1, 0.15) is 0 Å². The molecule has 26 heavy (non-hydrogen) atoms. The smallest absolute Gasteiger partial charge is 0.339 e. The Hall–Kier alpha value is -2.74. The maximum atomic E-state index is 12.6. The Kier molecular flexibility index (Phi) is 4.20. The van der Waals surface area contributed by atoms with E-state index in [1.165, 1.54) is 12.1 Å². The van der Waals surface area contributed by atoms with Crippen LogP contribution in [0.2, 0.25) is 0 Å². The Morgan fingerprint density at radius 1 is 1.12 bits per heavy atom. The molecule has 0 atom stereocenters. The number of alkyl halides is 3. The molecular weight excluding hydrogens is 345 g/mol. The predicted octanol–water partition coefficient (Wildman–Crippen LogP) is 3.75. The van der Waals surface area contributed by atoms with Crippen LogP contribution in [0, 0.1) is 0 Å². The topological polar surface area (TPSA) is 55.1 Å². The van der Waals surface area contributed by atoms with E-state index in [1.807, 2.05) is 6.07 Å². The van der Waals surface area contributed by atoms with Crippen molar-refractivity contribution in [2.45, 2.75) is 18.6 Å². The number of benzene rings is 1. The minimum Gasteiger partial charge on any atom is -0.339 e. The van der Waals surface area contributed by atoms with Crippen LogP contribution in [0.5, 0.6) is 0 Å². The first kappa shape index (κ1) is 16.7. The quantitative estimate of drug-likeness (QED) is 0.709. The fourth-order valence-corrected chi connectivity index (χ4v) is 2.93. The first-order valence-corrected chi connectivity index (χ1v) is 8.11. The number of hydrogen-bond acceptors (Lipinski definition) is 5. The minimum absolute atomic E-state index is 0.141. The van der Waals surface area contributed by atoms with Crippen LogP contribution in [0.3, 0.4) is 0 Å². The van der Waals surface area contributed by atoms with E-state index in [0.717, 1.165) is 36.3 Å². The summed E-state index contributed by atoms with van der Waals surface area (Å²) in [6.45, 7) is 2.06. The highest BCUT2D eigenvalue weighted by atomic mass is 19.4. The molecule has 0 radical (unpaired) electrons. The second-order valence-corrected chi connectivity index (χ2v) is 6.28. The standard InChI is InChI=1S/C18H15F3N4O/c19-18(20,21)15-5-3-12(4-6-15)9-25-10-14(11-25)17-23-16(24-26-17)13-2-1-7-22-8-13/h1-8,14H,9-11H2. The van der Waals surface area contributed by atoms with Crippen LogP contribution in [-0.4, -0.2) is 33.1 Å². The molecule has 0 N–H and O–H groups in total. The molecule has 0 saturated carbocycles. The zero-order valence-electron chi connectivity index (χ0n) is 13.6. The second-order valence-electron chi connectivity index (χ2n) is 6.28. The van der Waals surface area contributed by atoms with Crippen molar-refractivity contribution in [1.82, 2.24) is 20.0 Å². The van der Waals surface area contributed by atoms with Gasteiger partial charge in [0.15, 0.2) is 0 Å². The van der Waals surface area contributed by atoms with E-state index in [9.17, 15) is 13.2 Å². The van der Waals surface area contributed by atoms with Crippen LogP contribution in [0.15, 0.2) is 53.3 Å². The maximum Gasteiger partial charge on any atom is 0.416 e. The highest BCUT2D eigenvalue weighted by molar-refractivity contribution is 5.51. The molecule has 0 bridgehead atoms. The van der Waals surface area contributed by atoms with Gasteiger partial charge in [0, 0.05) is 37.6 Å². The third-order valence-electron chi connectivity index (χ3n) is 4.36. The van der Waals surface area contributed by atoms with Crippen LogP contribution >= 0.6 is 0 Å². The lowest BCUT2D eigenvalue weighted by Crippen LogP contribution is -2.44. The average molecular weight is 360 g/mol. The van der Waals surface area contributed by atoms with Crippen LogP contribution in [-0.2, 0) is 12.7 Å². The Labute approximate surface area is 147 Å². The monoisotopic (exact) mass is 360 g/mol. The van der Waals surface area contributed by atoms with Crippen molar-refractivity contribution in [3.63, 3.8) is 0 Å². The summed E-state index contributed by atoms with van der Waals surface area (Å²) in [6.07, 6.45) is -0.952. The van der Waals surface area contributed by atoms with E-state index in [4.69, 9.17) is 4.52 Å². The number of aromatic nitrogens is 3. The van der Waals surface area contributed by atoms with Gasteiger partial charge in [0.25, 0.3) is 0 Å². The van der Waals surface area contributed by atoms with Crippen molar-refractivity contribution < 1.29 is 17.7 Å². The molecule has 4 rings (SSSR count). The van der Waals surface area contributed by atoms with Crippen LogP contribution in [0.4, 0.5) is 13.2 Å². The van der Waals surface area contributed by atoms with Gasteiger partial charge in [0.2, 0.25) is 11.7 Å². The molecule has 1 saturated heterocycles. The van der Waals surface area contributed by atoms with E-state index in [0.29, 0.717) is 18.3 Å². The van der Waals surface area contributed by atoms with E-state index in [1.54, 1.807) is 18.5 Å². The van der Waals surface area contributed by atoms with Crippen molar-refractivity contribution in [1.29, 1.82) is 0 Å². The highest BCUT2D eigenvalue weighted by Gasteiger charge is 2.33. The fourth-order valence-electron chi connectivity index (χ4n) is 2.93. The van der Waals surface area contributed by atoms with Gasteiger partial charge in [-0.2, -0.15) is 18.2 Å². The van der Waals surface area contributed by atoms with Gasteiger partial charge in [-0.15, -0.1) is 0 Å². The SMILES string of the molecule is FC(F)(F)c1ccc(CN2CC(c3nc(-c4cccnc4)no3)C2)cc1. The van der Waals surface area contributed by atoms with Crippen molar-refractivity contribution in [2.24, 2.45) is 0 Å². The minimum atomic E-state index is -4.30. The molecule has 134 valence electrons. The van der Waals surface area contributed by atoms with Gasteiger partial charge in [0.05, 0.1) is 11.5 Å². The van der Waals surface area contributed by atoms with Gasteiger partial charge >= 0.3 is 6.18 Å². The molecule has 5 nitrogen and oxygen atoms in total. The van der Waals surface area contributed by atoms with Gasteiger partial charge in [-0.25, -0.2) is 0 Å². The fraction of sp³-hybridized carbons (Fsp3) is 0.278. The summed E-state index contributed by atoms with van der Waals surface area (Å²) < 4.78 is 43.1. The summed E-state index contributed by atoms with van der Waals surface area (Å²) in [7, 11) is 0. The predicted molar refractivity (Wildman–Crippen MR) is 87.0 cm³/mol. The third kappa shape index (κ3) is 3.45. The molecule has 3 heterocycles. The molecule has 1 aromatic carbocycles. The molecule has 8 heteroatoms. The number of hydrogen-bond donors (Lipinski definition) is 0. The Morgan fingerprint density at radius 2 is 1.88 bits per heavy atom. The first-order chi connectivity index (χ1) is 12.5. The summed E-state index contributed by atoms with van der Waals surface area (Å²) in [6, 6.07) is 8.93. The van der Waals surface area contributed by atoms with Gasteiger partial charge in [-0.3, -0.25) is 9.88 Å². The van der Waals surface area contributed by atoms with Crippen LogP contribution in [0.1, 0.15) is 22.9 Å². The summed E-state index contributed by atoms with van der Waals surface area (Å²) in [5.41, 5.74) is 1.01. The molecule has 1 aliphatic heterocycles. The molecule has 0 aliphatic carbocycles. The normalized spacial score (nSPS) is 15.8. The van der Waals surface area contributed by atoms with Gasteiger partial charge in [-0.1, -0.05) is 17.3 Å². The van der Waals surface area contributed by atoms with E-state index >= 15 is 0 Å². The molecular formula is C18H15F3N4O. The number of nitrogens with zero attached hydrogens (tertiary/aromatic N) is 4. The summed E-state index contributed by atoms with van der Waals surface area (Å²) in [5.74, 6) is 1.23. The number of pyridine rings is 1. The zero-order valence-corrected chi connectivity index (χ0v) is 13.6. The molecule has 3 aromatic rings. The third-order valence-corrected chi connectivity index (χ3v) is 4.36. The highest BCUT2D eigenvalue weighted by Crippen LogP contribution is 2.31. The summed E-state index contributed by atoms with van der Waals surface area (Å²) >= 11 is 0. The van der Waals surface area contributed by atoms with Gasteiger partial charge in [-0.05, 0) is 29.8 Å².